The van der Waals surface area contributed by atoms with Crippen molar-refractivity contribution in [2.45, 2.75) is 58.6 Å². The van der Waals surface area contributed by atoms with E-state index >= 15 is 0 Å². The molecule has 2 unspecified atom stereocenters. The molecule has 16 heavy (non-hydrogen) atoms. The topological polar surface area (TPSA) is 29.5 Å². The van der Waals surface area contributed by atoms with Gasteiger partial charge in [-0.15, -0.1) is 0 Å². The van der Waals surface area contributed by atoms with Crippen molar-refractivity contribution in [3.05, 3.63) is 0 Å². The molecular formula is C13H23NO2. The first-order valence-corrected chi connectivity index (χ1v) is 6.42. The number of carbonyl (C=O) groups is 1. The van der Waals surface area contributed by atoms with Gasteiger partial charge in [-0.1, -0.05) is 20.8 Å². The van der Waals surface area contributed by atoms with Gasteiger partial charge in [0.2, 0.25) is 0 Å². The number of likely N-dealkylation sites (tertiary alicyclic amines) is 1. The van der Waals surface area contributed by atoms with E-state index < -0.39 is 0 Å². The predicted molar refractivity (Wildman–Crippen MR) is 63.2 cm³/mol. The molecule has 0 bridgehead atoms. The molecule has 92 valence electrons. The van der Waals surface area contributed by atoms with Crippen LogP contribution in [0.15, 0.2) is 0 Å². The molecule has 0 N–H and O–H groups in total. The third kappa shape index (κ3) is 2.24. The van der Waals surface area contributed by atoms with Crippen LogP contribution in [0.4, 0.5) is 0 Å². The summed E-state index contributed by atoms with van der Waals surface area (Å²) in [6, 6.07) is 0.393. The van der Waals surface area contributed by atoms with E-state index in [1.54, 1.807) is 0 Å². The fourth-order valence-corrected chi connectivity index (χ4v) is 2.89. The molecule has 2 aliphatic heterocycles. The number of rotatable bonds is 1. The van der Waals surface area contributed by atoms with Crippen LogP contribution in [0.1, 0.15) is 46.5 Å². The van der Waals surface area contributed by atoms with Crippen molar-refractivity contribution in [2.24, 2.45) is 5.41 Å². The molecule has 0 saturated carbocycles. The molecule has 3 nitrogen and oxygen atoms in total. The number of hydrogen-bond donors (Lipinski definition) is 0. The number of carbonyl (C=O) groups excluding carboxylic acids is 1. The molecule has 1 amide bonds. The maximum absolute atomic E-state index is 12.3. The van der Waals surface area contributed by atoms with Crippen LogP contribution in [0.25, 0.3) is 0 Å². The molecule has 3 heteroatoms. The van der Waals surface area contributed by atoms with E-state index in [0.29, 0.717) is 6.04 Å². The fourth-order valence-electron chi connectivity index (χ4n) is 2.89. The third-order valence-electron chi connectivity index (χ3n) is 3.74. The fraction of sp³-hybridized carbons (Fsp3) is 0.923. The molecule has 0 aromatic carbocycles. The summed E-state index contributed by atoms with van der Waals surface area (Å²) in [5.41, 5.74) is 0.185. The van der Waals surface area contributed by atoms with Crippen molar-refractivity contribution >= 4 is 5.91 Å². The minimum Gasteiger partial charge on any atom is -0.368 e. The summed E-state index contributed by atoms with van der Waals surface area (Å²) >= 11 is 0. The van der Waals surface area contributed by atoms with E-state index in [2.05, 4.69) is 25.7 Å². The molecule has 2 aliphatic rings. The first kappa shape index (κ1) is 11.9. The zero-order valence-electron chi connectivity index (χ0n) is 10.7. The third-order valence-corrected chi connectivity index (χ3v) is 3.74. The van der Waals surface area contributed by atoms with Gasteiger partial charge < -0.3 is 9.64 Å². The van der Waals surface area contributed by atoms with Crippen molar-refractivity contribution in [1.82, 2.24) is 4.90 Å². The average molecular weight is 225 g/mol. The molecule has 0 aliphatic carbocycles. The number of nitrogens with zero attached hydrogens (tertiary/aromatic N) is 1. The first-order valence-electron chi connectivity index (χ1n) is 6.42. The summed E-state index contributed by atoms with van der Waals surface area (Å²) in [5.74, 6) is 0.231. The van der Waals surface area contributed by atoms with Gasteiger partial charge in [-0.2, -0.15) is 0 Å². The Labute approximate surface area is 98.1 Å². The second-order valence-electron chi connectivity index (χ2n) is 6.06. The molecule has 2 saturated heterocycles. The smallest absolute Gasteiger partial charge is 0.251 e. The lowest BCUT2D eigenvalue weighted by Crippen LogP contribution is -2.47. The highest BCUT2D eigenvalue weighted by Gasteiger charge is 2.40. The van der Waals surface area contributed by atoms with E-state index in [-0.39, 0.29) is 17.4 Å². The van der Waals surface area contributed by atoms with Crippen LogP contribution in [0.3, 0.4) is 0 Å². The van der Waals surface area contributed by atoms with Gasteiger partial charge in [0.05, 0.1) is 0 Å². The zero-order chi connectivity index (χ0) is 11.8. The summed E-state index contributed by atoms with van der Waals surface area (Å²) < 4.78 is 5.50. The number of amides is 1. The summed E-state index contributed by atoms with van der Waals surface area (Å²) in [6.45, 7) is 8.33. The average Bonchev–Trinajstić information content (AvgIpc) is 2.87. The summed E-state index contributed by atoms with van der Waals surface area (Å²) in [4.78, 5) is 14.4. The quantitative estimate of drug-likeness (QED) is 0.684. The van der Waals surface area contributed by atoms with Gasteiger partial charge >= 0.3 is 0 Å². The van der Waals surface area contributed by atoms with Crippen LogP contribution in [0.2, 0.25) is 0 Å². The molecule has 2 atom stereocenters. The van der Waals surface area contributed by atoms with Gasteiger partial charge in [-0.05, 0) is 31.1 Å². The van der Waals surface area contributed by atoms with Gasteiger partial charge in [-0.25, -0.2) is 0 Å². The van der Waals surface area contributed by atoms with Gasteiger partial charge in [-0.3, -0.25) is 4.79 Å². The van der Waals surface area contributed by atoms with E-state index in [0.717, 1.165) is 38.8 Å². The Morgan fingerprint density at radius 3 is 2.56 bits per heavy atom. The van der Waals surface area contributed by atoms with Crippen LogP contribution in [-0.4, -0.2) is 36.1 Å². The second kappa shape index (κ2) is 4.36. The molecule has 0 aromatic heterocycles. The van der Waals surface area contributed by atoms with Crippen molar-refractivity contribution < 1.29 is 9.53 Å². The predicted octanol–water partition coefficient (Wildman–Crippen LogP) is 2.20. The summed E-state index contributed by atoms with van der Waals surface area (Å²) in [7, 11) is 0. The highest BCUT2D eigenvalue weighted by molar-refractivity contribution is 5.81. The van der Waals surface area contributed by atoms with Crippen molar-refractivity contribution in [3.8, 4) is 0 Å². The molecular weight excluding hydrogens is 202 g/mol. The Balaban J connectivity index is 2.04. The zero-order valence-corrected chi connectivity index (χ0v) is 10.7. The minimum absolute atomic E-state index is 0.150. The highest BCUT2D eigenvalue weighted by atomic mass is 16.5. The molecule has 2 heterocycles. The number of hydrogen-bond acceptors (Lipinski definition) is 2. The lowest BCUT2D eigenvalue weighted by atomic mass is 9.85. The standard InChI is InChI=1S/C13H23NO2/c1-13(2,3)11-7-4-8-14(11)12(15)10-6-5-9-16-10/h10-11H,4-9H2,1-3H3. The maximum atomic E-state index is 12.3. The van der Waals surface area contributed by atoms with Crippen molar-refractivity contribution in [2.75, 3.05) is 13.2 Å². The van der Waals surface area contributed by atoms with E-state index in [1.807, 2.05) is 0 Å². The Bertz CT molecular complexity index is 264. The first-order chi connectivity index (χ1) is 7.50. The van der Waals surface area contributed by atoms with Crippen LogP contribution in [0.5, 0.6) is 0 Å². The summed E-state index contributed by atoms with van der Waals surface area (Å²) in [5, 5.41) is 0. The number of ether oxygens (including phenoxy) is 1. The monoisotopic (exact) mass is 225 g/mol. The highest BCUT2D eigenvalue weighted by Crippen LogP contribution is 2.33. The molecule has 0 radical (unpaired) electrons. The molecule has 2 fully saturated rings. The van der Waals surface area contributed by atoms with E-state index in [4.69, 9.17) is 4.74 Å². The normalized spacial score (nSPS) is 31.1. The van der Waals surface area contributed by atoms with Crippen LogP contribution in [-0.2, 0) is 9.53 Å². The second-order valence-corrected chi connectivity index (χ2v) is 6.06. The maximum Gasteiger partial charge on any atom is 0.251 e. The van der Waals surface area contributed by atoms with Crippen molar-refractivity contribution in [1.29, 1.82) is 0 Å². The van der Waals surface area contributed by atoms with E-state index in [1.165, 1.54) is 0 Å². The van der Waals surface area contributed by atoms with Gasteiger partial charge in [0.1, 0.15) is 6.10 Å². The van der Waals surface area contributed by atoms with Crippen LogP contribution >= 0.6 is 0 Å². The lowest BCUT2D eigenvalue weighted by Gasteiger charge is -2.36. The van der Waals surface area contributed by atoms with Gasteiger partial charge in [0.15, 0.2) is 0 Å². The lowest BCUT2D eigenvalue weighted by molar-refractivity contribution is -0.143. The SMILES string of the molecule is CC(C)(C)C1CCCN1C(=O)C1CCCO1. The molecule has 0 aromatic rings. The Hall–Kier alpha value is -0.570. The van der Waals surface area contributed by atoms with Crippen molar-refractivity contribution in [3.63, 3.8) is 0 Å². The Kier molecular flexibility index (Phi) is 3.24. The summed E-state index contributed by atoms with van der Waals surface area (Å²) in [6.07, 6.45) is 4.07. The Morgan fingerprint density at radius 1 is 1.25 bits per heavy atom. The van der Waals surface area contributed by atoms with Crippen LogP contribution in [0, 0.1) is 5.41 Å². The van der Waals surface area contributed by atoms with Crippen LogP contribution < -0.4 is 0 Å². The van der Waals surface area contributed by atoms with Gasteiger partial charge in [0, 0.05) is 19.2 Å². The molecule has 0 spiro atoms. The largest absolute Gasteiger partial charge is 0.368 e. The minimum atomic E-state index is -0.150. The van der Waals surface area contributed by atoms with E-state index in [9.17, 15) is 4.79 Å². The molecule has 2 rings (SSSR count). The van der Waals surface area contributed by atoms with Gasteiger partial charge in [0.25, 0.3) is 5.91 Å². The Morgan fingerprint density at radius 2 is 2.00 bits per heavy atom.